The van der Waals surface area contributed by atoms with E-state index in [1.54, 1.807) is 25.3 Å². The molecule has 0 aliphatic heterocycles. The van der Waals surface area contributed by atoms with Gasteiger partial charge in [0.1, 0.15) is 11.5 Å². The highest BCUT2D eigenvalue weighted by atomic mass is 32.2. The fourth-order valence-electron chi connectivity index (χ4n) is 3.31. The predicted octanol–water partition coefficient (Wildman–Crippen LogP) is 3.90. The Labute approximate surface area is 175 Å². The summed E-state index contributed by atoms with van der Waals surface area (Å²) >= 11 is 0. The van der Waals surface area contributed by atoms with Crippen LogP contribution in [0.1, 0.15) is 41.5 Å². The number of anilines is 1. The van der Waals surface area contributed by atoms with Crippen molar-refractivity contribution in [2.45, 2.75) is 39.5 Å². The largest absolute Gasteiger partial charge is 0.433 e. The van der Waals surface area contributed by atoms with Crippen LogP contribution >= 0.6 is 0 Å². The Morgan fingerprint density at radius 1 is 1.03 bits per heavy atom. The molecule has 0 bridgehead atoms. The van der Waals surface area contributed by atoms with Crippen molar-refractivity contribution in [2.75, 3.05) is 11.0 Å². The molecule has 4 rings (SSSR count). The maximum absolute atomic E-state index is 11.8. The molecule has 3 aromatic heterocycles. The third-order valence-corrected chi connectivity index (χ3v) is 5.37. The SMILES string of the molecule is Cc1nc(C)c(Oc2nc(-c3cncc(C4CC4)c3)ccc2NS(C)(=O)=O)c(C)n1. The van der Waals surface area contributed by atoms with Gasteiger partial charge in [0.05, 0.1) is 23.3 Å². The first-order valence-electron chi connectivity index (χ1n) is 9.63. The summed E-state index contributed by atoms with van der Waals surface area (Å²) in [4.78, 5) is 17.6. The highest BCUT2D eigenvalue weighted by Crippen LogP contribution is 2.41. The Hall–Kier alpha value is -3.07. The molecule has 0 unspecified atom stereocenters. The molecule has 3 heterocycles. The average molecular weight is 426 g/mol. The fraction of sp³-hybridized carbons (Fsp3) is 0.333. The second-order valence-corrected chi connectivity index (χ2v) is 9.33. The molecule has 156 valence electrons. The zero-order chi connectivity index (χ0) is 21.5. The van der Waals surface area contributed by atoms with Gasteiger partial charge in [-0.1, -0.05) is 0 Å². The van der Waals surface area contributed by atoms with Gasteiger partial charge in [-0.25, -0.2) is 23.4 Å². The lowest BCUT2D eigenvalue weighted by molar-refractivity contribution is 0.451. The zero-order valence-corrected chi connectivity index (χ0v) is 18.1. The molecule has 1 saturated carbocycles. The lowest BCUT2D eigenvalue weighted by atomic mass is 10.1. The van der Waals surface area contributed by atoms with Crippen LogP contribution in [0.3, 0.4) is 0 Å². The van der Waals surface area contributed by atoms with Crippen molar-refractivity contribution < 1.29 is 13.2 Å². The van der Waals surface area contributed by atoms with Crippen LogP contribution in [0.5, 0.6) is 11.6 Å². The molecule has 0 atom stereocenters. The molecule has 0 aromatic carbocycles. The molecule has 9 heteroatoms. The smallest absolute Gasteiger partial charge is 0.244 e. The van der Waals surface area contributed by atoms with E-state index in [9.17, 15) is 8.42 Å². The predicted molar refractivity (Wildman–Crippen MR) is 114 cm³/mol. The summed E-state index contributed by atoms with van der Waals surface area (Å²) in [5, 5.41) is 0. The molecule has 0 radical (unpaired) electrons. The van der Waals surface area contributed by atoms with Crippen LogP contribution in [0.4, 0.5) is 5.69 Å². The summed E-state index contributed by atoms with van der Waals surface area (Å²) < 4.78 is 32.2. The summed E-state index contributed by atoms with van der Waals surface area (Å²) in [6.45, 7) is 5.43. The monoisotopic (exact) mass is 425 g/mol. The number of pyridine rings is 2. The summed E-state index contributed by atoms with van der Waals surface area (Å²) in [5.41, 5.74) is 4.22. The highest BCUT2D eigenvalue weighted by molar-refractivity contribution is 7.92. The Bertz CT molecular complexity index is 1200. The van der Waals surface area contributed by atoms with E-state index < -0.39 is 10.0 Å². The highest BCUT2D eigenvalue weighted by Gasteiger charge is 2.24. The second kappa shape index (κ2) is 7.64. The molecule has 0 saturated heterocycles. The van der Waals surface area contributed by atoms with Crippen molar-refractivity contribution in [3.05, 3.63) is 53.4 Å². The van der Waals surface area contributed by atoms with E-state index in [0.717, 1.165) is 11.8 Å². The van der Waals surface area contributed by atoms with Crippen LogP contribution in [-0.2, 0) is 10.0 Å². The van der Waals surface area contributed by atoms with Crippen molar-refractivity contribution in [3.63, 3.8) is 0 Å². The minimum Gasteiger partial charge on any atom is -0.433 e. The van der Waals surface area contributed by atoms with Gasteiger partial charge in [-0.3, -0.25) is 9.71 Å². The van der Waals surface area contributed by atoms with Crippen molar-refractivity contribution in [2.24, 2.45) is 0 Å². The number of nitrogens with zero attached hydrogens (tertiary/aromatic N) is 4. The minimum absolute atomic E-state index is 0.133. The van der Waals surface area contributed by atoms with Crippen LogP contribution in [0.15, 0.2) is 30.6 Å². The number of hydrogen-bond donors (Lipinski definition) is 1. The normalized spacial score (nSPS) is 13.9. The van der Waals surface area contributed by atoms with E-state index in [2.05, 4.69) is 30.7 Å². The Morgan fingerprint density at radius 3 is 2.37 bits per heavy atom. The Balaban J connectivity index is 1.78. The van der Waals surface area contributed by atoms with Crippen molar-refractivity contribution in [1.29, 1.82) is 0 Å². The lowest BCUT2D eigenvalue weighted by Crippen LogP contribution is -2.11. The quantitative estimate of drug-likeness (QED) is 0.638. The van der Waals surface area contributed by atoms with Gasteiger partial charge in [0, 0.05) is 18.0 Å². The number of nitrogens with one attached hydrogen (secondary N) is 1. The molecule has 0 amide bonds. The van der Waals surface area contributed by atoms with Gasteiger partial charge in [0.15, 0.2) is 5.75 Å². The molecule has 30 heavy (non-hydrogen) atoms. The van der Waals surface area contributed by atoms with Crippen molar-refractivity contribution >= 4 is 15.7 Å². The fourth-order valence-corrected chi connectivity index (χ4v) is 3.87. The first-order chi connectivity index (χ1) is 14.2. The number of rotatable bonds is 6. The van der Waals surface area contributed by atoms with E-state index in [4.69, 9.17) is 4.74 Å². The maximum Gasteiger partial charge on any atom is 0.244 e. The van der Waals surface area contributed by atoms with Crippen LogP contribution in [0.2, 0.25) is 0 Å². The molecule has 1 aliphatic carbocycles. The van der Waals surface area contributed by atoms with E-state index in [1.165, 1.54) is 18.4 Å². The van der Waals surface area contributed by atoms with Crippen LogP contribution in [0.25, 0.3) is 11.3 Å². The van der Waals surface area contributed by atoms with E-state index >= 15 is 0 Å². The van der Waals surface area contributed by atoms with E-state index in [-0.39, 0.29) is 11.6 Å². The molecule has 1 N–H and O–H groups in total. The second-order valence-electron chi connectivity index (χ2n) is 7.58. The van der Waals surface area contributed by atoms with Crippen LogP contribution < -0.4 is 9.46 Å². The third kappa shape index (κ3) is 4.56. The lowest BCUT2D eigenvalue weighted by Gasteiger charge is -2.15. The number of aryl methyl sites for hydroxylation is 3. The number of ether oxygens (including phenoxy) is 1. The summed E-state index contributed by atoms with van der Waals surface area (Å²) in [5.74, 6) is 1.78. The third-order valence-electron chi connectivity index (χ3n) is 4.77. The summed E-state index contributed by atoms with van der Waals surface area (Å²) in [6, 6.07) is 5.47. The van der Waals surface area contributed by atoms with Gasteiger partial charge in [-0.05, 0) is 63.3 Å². The molecule has 0 spiro atoms. The molecular weight excluding hydrogens is 402 g/mol. The van der Waals surface area contributed by atoms with E-state index in [1.807, 2.05) is 20.0 Å². The van der Waals surface area contributed by atoms with Crippen LogP contribution in [-0.4, -0.2) is 34.6 Å². The van der Waals surface area contributed by atoms with Gasteiger partial charge >= 0.3 is 0 Å². The minimum atomic E-state index is -3.52. The summed E-state index contributed by atoms with van der Waals surface area (Å²) in [7, 11) is -3.52. The van der Waals surface area contributed by atoms with Crippen molar-refractivity contribution in [1.82, 2.24) is 19.9 Å². The molecule has 8 nitrogen and oxygen atoms in total. The Morgan fingerprint density at radius 2 is 1.73 bits per heavy atom. The van der Waals surface area contributed by atoms with Gasteiger partial charge in [0.2, 0.25) is 15.9 Å². The van der Waals surface area contributed by atoms with Gasteiger partial charge in [-0.15, -0.1) is 0 Å². The van der Waals surface area contributed by atoms with Gasteiger partial charge < -0.3 is 4.74 Å². The van der Waals surface area contributed by atoms with E-state index in [0.29, 0.717) is 34.6 Å². The molecule has 1 fully saturated rings. The topological polar surface area (TPSA) is 107 Å². The van der Waals surface area contributed by atoms with Crippen LogP contribution in [0, 0.1) is 20.8 Å². The maximum atomic E-state index is 11.8. The number of sulfonamides is 1. The number of hydrogen-bond acceptors (Lipinski definition) is 7. The number of aromatic nitrogens is 4. The first-order valence-corrected chi connectivity index (χ1v) is 11.5. The average Bonchev–Trinajstić information content (AvgIpc) is 3.50. The molecule has 3 aromatic rings. The first kappa shape index (κ1) is 20.2. The Kier molecular flexibility index (Phi) is 5.15. The molecule has 1 aliphatic rings. The van der Waals surface area contributed by atoms with Crippen molar-refractivity contribution in [3.8, 4) is 22.9 Å². The summed E-state index contributed by atoms with van der Waals surface area (Å²) in [6.07, 6.45) is 7.06. The molecular formula is C21H23N5O3S. The van der Waals surface area contributed by atoms with Gasteiger partial charge in [-0.2, -0.15) is 0 Å². The zero-order valence-electron chi connectivity index (χ0n) is 17.3. The standard InChI is InChI=1S/C21H23N5O3S/c1-12-20(13(2)24-14(3)23-12)29-21-19(26-30(4,27)28)8-7-18(25-21)17-9-16(10-22-11-17)15-5-6-15/h7-11,15,26H,5-6H2,1-4H3. The van der Waals surface area contributed by atoms with Gasteiger partial charge in [0.25, 0.3) is 0 Å².